The zero-order chi connectivity index (χ0) is 22.0. The van der Waals surface area contributed by atoms with E-state index in [4.69, 9.17) is 0 Å². The average molecular weight is 460 g/mol. The second kappa shape index (κ2) is 9.02. The third kappa shape index (κ3) is 4.78. The molecule has 0 bridgehead atoms. The maximum atomic E-state index is 13.0. The normalized spacial score (nSPS) is 20.0. The number of fused-ring (bicyclic) bond motifs is 1. The van der Waals surface area contributed by atoms with E-state index in [9.17, 15) is 18.0 Å². The number of carbonyl (C=O) groups excluding carboxylic acids is 2. The minimum Gasteiger partial charge on any atom is -0.341 e. The maximum absolute atomic E-state index is 13.0. The van der Waals surface area contributed by atoms with E-state index in [0.717, 1.165) is 16.1 Å². The van der Waals surface area contributed by atoms with E-state index in [2.05, 4.69) is 5.32 Å². The molecule has 1 fully saturated rings. The van der Waals surface area contributed by atoms with Crippen LogP contribution in [0.15, 0.2) is 58.3 Å². The van der Waals surface area contributed by atoms with Crippen LogP contribution in [0.4, 0.5) is 5.69 Å². The Morgan fingerprint density at radius 3 is 2.58 bits per heavy atom. The zero-order valence-electron chi connectivity index (χ0n) is 17.3. The summed E-state index contributed by atoms with van der Waals surface area (Å²) in [6.07, 6.45) is 0.652. The molecule has 2 amide bonds. The van der Waals surface area contributed by atoms with Gasteiger partial charge in [-0.1, -0.05) is 29.8 Å². The fourth-order valence-electron chi connectivity index (χ4n) is 3.76. The van der Waals surface area contributed by atoms with Gasteiger partial charge < -0.3 is 10.2 Å². The summed E-state index contributed by atoms with van der Waals surface area (Å²) in [5.74, 6) is -0.294. The molecule has 0 saturated carbocycles. The number of sulfonamides is 1. The lowest BCUT2D eigenvalue weighted by molar-refractivity contribution is -0.132. The SMILES string of the molecule is Cc1ccc(S(=O)(=O)N2CCCN(C(=O)CC3Sc4ccccc4NC3=O)CC2)cc1. The molecular formula is C22H25N3O4S2. The van der Waals surface area contributed by atoms with E-state index in [0.29, 0.717) is 26.1 Å². The smallest absolute Gasteiger partial charge is 0.243 e. The fourth-order valence-corrected chi connectivity index (χ4v) is 6.33. The van der Waals surface area contributed by atoms with Crippen LogP contribution in [0.5, 0.6) is 0 Å². The van der Waals surface area contributed by atoms with Gasteiger partial charge in [0, 0.05) is 37.5 Å². The van der Waals surface area contributed by atoms with Crippen molar-refractivity contribution < 1.29 is 18.0 Å². The van der Waals surface area contributed by atoms with Crippen molar-refractivity contribution in [2.24, 2.45) is 0 Å². The van der Waals surface area contributed by atoms with Crippen LogP contribution in [0.25, 0.3) is 0 Å². The molecule has 1 saturated heterocycles. The molecule has 4 rings (SSSR count). The molecule has 0 aliphatic carbocycles. The van der Waals surface area contributed by atoms with E-state index in [1.165, 1.54) is 16.1 Å². The minimum atomic E-state index is -3.59. The van der Waals surface area contributed by atoms with Crippen LogP contribution in [0.3, 0.4) is 0 Å². The van der Waals surface area contributed by atoms with Crippen LogP contribution in [0.2, 0.25) is 0 Å². The van der Waals surface area contributed by atoms with Gasteiger partial charge in [0.25, 0.3) is 0 Å². The van der Waals surface area contributed by atoms with Gasteiger partial charge in [0.15, 0.2) is 0 Å². The maximum Gasteiger partial charge on any atom is 0.243 e. The van der Waals surface area contributed by atoms with Gasteiger partial charge in [-0.25, -0.2) is 8.42 Å². The predicted molar refractivity (Wildman–Crippen MR) is 120 cm³/mol. The molecule has 2 aliphatic rings. The Bertz CT molecular complexity index is 1090. The van der Waals surface area contributed by atoms with Crippen molar-refractivity contribution in [2.45, 2.75) is 34.8 Å². The number of amides is 2. The van der Waals surface area contributed by atoms with Gasteiger partial charge in [0.05, 0.1) is 15.8 Å². The lowest BCUT2D eigenvalue weighted by atomic mass is 10.2. The summed E-state index contributed by atoms with van der Waals surface area (Å²) >= 11 is 1.40. The Balaban J connectivity index is 1.39. The van der Waals surface area contributed by atoms with Crippen LogP contribution < -0.4 is 5.32 Å². The lowest BCUT2D eigenvalue weighted by Gasteiger charge is -2.26. The van der Waals surface area contributed by atoms with E-state index in [-0.39, 0.29) is 29.7 Å². The quantitative estimate of drug-likeness (QED) is 0.760. The molecule has 1 unspecified atom stereocenters. The van der Waals surface area contributed by atoms with Crippen LogP contribution in [-0.4, -0.2) is 60.9 Å². The van der Waals surface area contributed by atoms with Crippen molar-refractivity contribution in [1.82, 2.24) is 9.21 Å². The molecule has 2 aromatic carbocycles. The molecule has 9 heteroatoms. The molecule has 7 nitrogen and oxygen atoms in total. The van der Waals surface area contributed by atoms with Gasteiger partial charge >= 0.3 is 0 Å². The second-order valence-electron chi connectivity index (χ2n) is 7.75. The number of benzene rings is 2. The second-order valence-corrected chi connectivity index (χ2v) is 10.9. The van der Waals surface area contributed by atoms with Crippen molar-refractivity contribution in [3.05, 3.63) is 54.1 Å². The first kappa shape index (κ1) is 21.9. The molecule has 1 atom stereocenters. The molecule has 31 heavy (non-hydrogen) atoms. The number of aryl methyl sites for hydroxylation is 1. The van der Waals surface area contributed by atoms with Crippen LogP contribution in [0.1, 0.15) is 18.4 Å². The first-order chi connectivity index (χ1) is 14.8. The number of hydrogen-bond acceptors (Lipinski definition) is 5. The third-order valence-corrected chi connectivity index (χ3v) is 8.72. The Labute approximate surface area is 186 Å². The molecule has 2 heterocycles. The van der Waals surface area contributed by atoms with E-state index >= 15 is 0 Å². The fraction of sp³-hybridized carbons (Fsp3) is 0.364. The molecule has 164 valence electrons. The highest BCUT2D eigenvalue weighted by atomic mass is 32.2. The Hall–Kier alpha value is -2.36. The van der Waals surface area contributed by atoms with Gasteiger partial charge in [0.1, 0.15) is 0 Å². The van der Waals surface area contributed by atoms with Gasteiger partial charge in [-0.3, -0.25) is 9.59 Å². The van der Waals surface area contributed by atoms with E-state index < -0.39 is 15.3 Å². The number of nitrogens with zero attached hydrogens (tertiary/aromatic N) is 2. The van der Waals surface area contributed by atoms with Crippen molar-refractivity contribution >= 4 is 39.3 Å². The van der Waals surface area contributed by atoms with Gasteiger partial charge in [0.2, 0.25) is 21.8 Å². The number of anilines is 1. The van der Waals surface area contributed by atoms with E-state index in [1.807, 2.05) is 31.2 Å². The number of hydrogen-bond donors (Lipinski definition) is 1. The zero-order valence-corrected chi connectivity index (χ0v) is 18.9. The molecule has 2 aliphatic heterocycles. The summed E-state index contributed by atoms with van der Waals surface area (Å²) in [5, 5.41) is 2.37. The van der Waals surface area contributed by atoms with Crippen LogP contribution >= 0.6 is 11.8 Å². The van der Waals surface area contributed by atoms with Gasteiger partial charge in [-0.05, 0) is 37.6 Å². The summed E-state index contributed by atoms with van der Waals surface area (Å²) < 4.78 is 27.4. The average Bonchev–Trinajstić information content (AvgIpc) is 3.01. The van der Waals surface area contributed by atoms with Crippen molar-refractivity contribution in [2.75, 3.05) is 31.5 Å². The van der Waals surface area contributed by atoms with Crippen molar-refractivity contribution in [1.29, 1.82) is 0 Å². The molecule has 0 radical (unpaired) electrons. The highest BCUT2D eigenvalue weighted by Crippen LogP contribution is 2.36. The summed E-state index contributed by atoms with van der Waals surface area (Å²) in [7, 11) is -3.59. The molecule has 0 spiro atoms. The van der Waals surface area contributed by atoms with E-state index in [1.54, 1.807) is 29.2 Å². The highest BCUT2D eigenvalue weighted by molar-refractivity contribution is 8.01. The molecular weight excluding hydrogens is 434 g/mol. The Morgan fingerprint density at radius 1 is 1.06 bits per heavy atom. The summed E-state index contributed by atoms with van der Waals surface area (Å²) in [4.78, 5) is 28.2. The monoisotopic (exact) mass is 459 g/mol. The topological polar surface area (TPSA) is 86.8 Å². The third-order valence-electron chi connectivity index (χ3n) is 5.53. The standard InChI is InChI=1S/C22H25N3O4S2/c1-16-7-9-17(10-8-16)31(28,29)25-12-4-11-24(13-14-25)21(26)15-20-22(27)23-18-5-2-3-6-19(18)30-20/h2-3,5-10,20H,4,11-15H2,1H3,(H,23,27). The first-order valence-electron chi connectivity index (χ1n) is 10.3. The van der Waals surface area contributed by atoms with Crippen molar-refractivity contribution in [3.8, 4) is 0 Å². The Kier molecular flexibility index (Phi) is 6.36. The summed E-state index contributed by atoms with van der Waals surface area (Å²) in [6.45, 7) is 3.32. The number of nitrogens with one attached hydrogen (secondary N) is 1. The number of para-hydroxylation sites is 1. The summed E-state index contributed by atoms with van der Waals surface area (Å²) in [5.41, 5.74) is 1.77. The Morgan fingerprint density at radius 2 is 1.81 bits per heavy atom. The number of rotatable bonds is 4. The molecule has 0 aromatic heterocycles. The van der Waals surface area contributed by atoms with Crippen LogP contribution in [-0.2, 0) is 19.6 Å². The number of thioether (sulfide) groups is 1. The predicted octanol–water partition coefficient (Wildman–Crippen LogP) is 2.72. The lowest BCUT2D eigenvalue weighted by Crippen LogP contribution is -2.40. The van der Waals surface area contributed by atoms with Crippen LogP contribution in [0, 0.1) is 6.92 Å². The minimum absolute atomic E-state index is 0.0928. The first-order valence-corrected chi connectivity index (χ1v) is 12.6. The summed E-state index contributed by atoms with van der Waals surface area (Å²) in [6, 6.07) is 14.3. The van der Waals surface area contributed by atoms with Gasteiger partial charge in [-0.15, -0.1) is 11.8 Å². The largest absolute Gasteiger partial charge is 0.341 e. The molecule has 2 aromatic rings. The molecule has 1 N–H and O–H groups in total. The van der Waals surface area contributed by atoms with Crippen molar-refractivity contribution in [3.63, 3.8) is 0 Å². The van der Waals surface area contributed by atoms with Gasteiger partial charge in [-0.2, -0.15) is 4.31 Å². The number of carbonyl (C=O) groups is 2. The highest BCUT2D eigenvalue weighted by Gasteiger charge is 2.32.